The van der Waals surface area contributed by atoms with Gasteiger partial charge in [-0.05, 0) is 36.4 Å². The van der Waals surface area contributed by atoms with Crippen molar-refractivity contribution in [2.75, 3.05) is 6.54 Å². The van der Waals surface area contributed by atoms with E-state index in [4.69, 9.17) is 40.5 Å². The molecule has 1 aliphatic rings. The summed E-state index contributed by atoms with van der Waals surface area (Å²) in [5.41, 5.74) is 1.97. The van der Waals surface area contributed by atoms with Gasteiger partial charge in [0.15, 0.2) is 0 Å². The molecule has 6 heteroatoms. The molecule has 0 radical (unpaired) electrons. The lowest BCUT2D eigenvalue weighted by molar-refractivity contribution is 0.426. The molecule has 0 fully saturated rings. The molecular formula is C15H12Cl2N2S2. The maximum Gasteiger partial charge on any atom is 0.129 e. The lowest BCUT2D eigenvalue weighted by Crippen LogP contribution is -2.31. The second-order valence-electron chi connectivity index (χ2n) is 4.68. The van der Waals surface area contributed by atoms with Crippen LogP contribution in [0.1, 0.15) is 23.3 Å². The van der Waals surface area contributed by atoms with Crippen LogP contribution in [0.5, 0.6) is 0 Å². The van der Waals surface area contributed by atoms with Gasteiger partial charge in [-0.15, -0.1) is 11.3 Å². The molecule has 21 heavy (non-hydrogen) atoms. The van der Waals surface area contributed by atoms with Crippen LogP contribution in [-0.4, -0.2) is 22.3 Å². The summed E-state index contributed by atoms with van der Waals surface area (Å²) in [6.07, 6.45) is 2.03. The monoisotopic (exact) mass is 354 g/mol. The van der Waals surface area contributed by atoms with Crippen LogP contribution in [0.15, 0.2) is 40.8 Å². The van der Waals surface area contributed by atoms with Crippen LogP contribution in [0.4, 0.5) is 0 Å². The fraction of sp³-hybridized carbons (Fsp3) is 0.200. The Morgan fingerprint density at radius 3 is 2.81 bits per heavy atom. The van der Waals surface area contributed by atoms with Gasteiger partial charge in [-0.1, -0.05) is 47.6 Å². The smallest absolute Gasteiger partial charge is 0.129 e. The molecule has 1 aromatic carbocycles. The first-order valence-electron chi connectivity index (χ1n) is 6.53. The summed E-state index contributed by atoms with van der Waals surface area (Å²) in [6.45, 7) is 0.827. The molecule has 0 unspecified atom stereocenters. The van der Waals surface area contributed by atoms with E-state index >= 15 is 0 Å². The lowest BCUT2D eigenvalue weighted by Gasteiger charge is -2.25. The summed E-state index contributed by atoms with van der Waals surface area (Å²) >= 11 is 19.3. The Morgan fingerprint density at radius 1 is 1.24 bits per heavy atom. The van der Waals surface area contributed by atoms with Crippen molar-refractivity contribution >= 4 is 57.5 Å². The molecule has 0 aliphatic carbocycles. The van der Waals surface area contributed by atoms with Gasteiger partial charge in [-0.3, -0.25) is 5.01 Å². The molecule has 1 aliphatic heterocycles. The Kier molecular flexibility index (Phi) is 4.60. The Labute approximate surface area is 143 Å². The molecule has 0 saturated carbocycles. The number of thiocarbonyl (C=S) groups is 1. The largest absolute Gasteiger partial charge is 0.254 e. The van der Waals surface area contributed by atoms with Gasteiger partial charge >= 0.3 is 0 Å². The Bertz CT molecular complexity index is 696. The zero-order chi connectivity index (χ0) is 14.8. The summed E-state index contributed by atoms with van der Waals surface area (Å²) < 4.78 is 0. The van der Waals surface area contributed by atoms with Crippen molar-refractivity contribution in [2.45, 2.75) is 12.8 Å². The first-order chi connectivity index (χ1) is 10.1. The molecule has 2 nitrogen and oxygen atoms in total. The van der Waals surface area contributed by atoms with E-state index in [1.807, 2.05) is 17.1 Å². The molecule has 2 heterocycles. The third kappa shape index (κ3) is 3.29. The van der Waals surface area contributed by atoms with Crippen LogP contribution in [0.25, 0.3) is 0 Å². The lowest BCUT2D eigenvalue weighted by atomic mass is 10.1. The minimum absolute atomic E-state index is 0.510. The molecule has 1 aromatic heterocycles. The molecule has 0 atom stereocenters. The Morgan fingerprint density at radius 2 is 2.10 bits per heavy atom. The zero-order valence-electron chi connectivity index (χ0n) is 11.1. The van der Waals surface area contributed by atoms with Gasteiger partial charge in [0.05, 0.1) is 20.6 Å². The first-order valence-corrected chi connectivity index (χ1v) is 8.58. The highest BCUT2D eigenvalue weighted by atomic mass is 35.5. The van der Waals surface area contributed by atoms with E-state index in [0.29, 0.717) is 15.0 Å². The molecule has 2 aromatic rings. The van der Waals surface area contributed by atoms with Crippen molar-refractivity contribution in [3.8, 4) is 0 Å². The normalized spacial score (nSPS) is 15.0. The summed E-state index contributed by atoms with van der Waals surface area (Å²) in [4.78, 5) is 1.89. The zero-order valence-corrected chi connectivity index (χ0v) is 14.2. The van der Waals surface area contributed by atoms with Crippen molar-refractivity contribution in [1.29, 1.82) is 0 Å². The maximum absolute atomic E-state index is 6.06. The van der Waals surface area contributed by atoms with Gasteiger partial charge in [0, 0.05) is 12.1 Å². The summed E-state index contributed by atoms with van der Waals surface area (Å²) in [5, 5.41) is 9.68. The van der Waals surface area contributed by atoms with Gasteiger partial charge in [0.2, 0.25) is 0 Å². The summed E-state index contributed by atoms with van der Waals surface area (Å²) in [7, 11) is 0. The fourth-order valence-corrected chi connectivity index (χ4v) is 3.48. The third-order valence-corrected chi connectivity index (χ3v) is 5.34. The predicted molar refractivity (Wildman–Crippen MR) is 95.0 cm³/mol. The first kappa shape index (κ1) is 15.0. The molecule has 3 rings (SSSR count). The Hall–Kier alpha value is -0.940. The topological polar surface area (TPSA) is 15.6 Å². The van der Waals surface area contributed by atoms with E-state index in [0.717, 1.165) is 30.7 Å². The van der Waals surface area contributed by atoms with Crippen LogP contribution < -0.4 is 0 Å². The van der Waals surface area contributed by atoms with Crippen LogP contribution >= 0.6 is 46.8 Å². The van der Waals surface area contributed by atoms with E-state index in [-0.39, 0.29) is 0 Å². The molecule has 0 amide bonds. The molecule has 0 N–H and O–H groups in total. The number of hydrogen-bond acceptors (Lipinski definition) is 3. The minimum atomic E-state index is 0.510. The predicted octanol–water partition coefficient (Wildman–Crippen LogP) is 5.23. The summed E-state index contributed by atoms with van der Waals surface area (Å²) in [5.74, 6) is 0. The quantitative estimate of drug-likeness (QED) is 0.686. The Balaban J connectivity index is 1.87. The van der Waals surface area contributed by atoms with Crippen molar-refractivity contribution in [2.24, 2.45) is 5.10 Å². The van der Waals surface area contributed by atoms with Crippen LogP contribution in [0.2, 0.25) is 10.0 Å². The molecule has 0 bridgehead atoms. The number of benzene rings is 1. The minimum Gasteiger partial charge on any atom is -0.254 e. The molecular weight excluding hydrogens is 343 g/mol. The average Bonchev–Trinajstić information content (AvgIpc) is 3.04. The third-order valence-electron chi connectivity index (χ3n) is 3.23. The van der Waals surface area contributed by atoms with Gasteiger partial charge in [-0.2, -0.15) is 5.10 Å². The number of rotatable bonds is 2. The molecule has 0 saturated heterocycles. The van der Waals surface area contributed by atoms with Crippen molar-refractivity contribution in [1.82, 2.24) is 5.01 Å². The van der Waals surface area contributed by atoms with Crippen LogP contribution in [0, 0.1) is 0 Å². The molecule has 108 valence electrons. The van der Waals surface area contributed by atoms with Gasteiger partial charge in [0.25, 0.3) is 0 Å². The van der Waals surface area contributed by atoms with Crippen LogP contribution in [-0.2, 0) is 0 Å². The second kappa shape index (κ2) is 6.44. The van der Waals surface area contributed by atoms with E-state index in [9.17, 15) is 0 Å². The van der Waals surface area contributed by atoms with Crippen molar-refractivity contribution < 1.29 is 0 Å². The van der Waals surface area contributed by atoms with Crippen LogP contribution in [0.3, 0.4) is 0 Å². The van der Waals surface area contributed by atoms with E-state index in [1.165, 1.54) is 4.88 Å². The fourth-order valence-electron chi connectivity index (χ4n) is 2.18. The maximum atomic E-state index is 6.06. The summed E-state index contributed by atoms with van der Waals surface area (Å²) in [6, 6.07) is 9.57. The SMILES string of the molecule is S=C(c1ccc(Cl)c(Cl)c1)N1CCCC(c2cccs2)=N1. The van der Waals surface area contributed by atoms with E-state index in [1.54, 1.807) is 23.5 Å². The number of halogens is 2. The van der Waals surface area contributed by atoms with Gasteiger partial charge < -0.3 is 0 Å². The average molecular weight is 355 g/mol. The van der Waals surface area contributed by atoms with E-state index in [2.05, 4.69) is 11.4 Å². The van der Waals surface area contributed by atoms with Gasteiger partial charge in [0.1, 0.15) is 4.99 Å². The molecule has 0 spiro atoms. The highest BCUT2D eigenvalue weighted by molar-refractivity contribution is 7.80. The highest BCUT2D eigenvalue weighted by Crippen LogP contribution is 2.25. The van der Waals surface area contributed by atoms with Gasteiger partial charge in [-0.25, -0.2) is 0 Å². The van der Waals surface area contributed by atoms with Crippen molar-refractivity contribution in [3.63, 3.8) is 0 Å². The number of nitrogens with zero attached hydrogens (tertiary/aromatic N) is 2. The van der Waals surface area contributed by atoms with Crippen molar-refractivity contribution in [3.05, 3.63) is 56.2 Å². The number of hydrazone groups is 1. The highest BCUT2D eigenvalue weighted by Gasteiger charge is 2.18. The number of hydrogen-bond donors (Lipinski definition) is 0. The van der Waals surface area contributed by atoms with E-state index < -0.39 is 0 Å². The second-order valence-corrected chi connectivity index (χ2v) is 6.83. The number of thiophene rings is 1. The standard InChI is InChI=1S/C15H12Cl2N2S2/c16-11-6-5-10(9-12(11)17)15(20)19-7-1-3-13(18-19)14-4-2-8-21-14/h2,4-6,8-9H,1,3,7H2.